The van der Waals surface area contributed by atoms with Gasteiger partial charge in [0.25, 0.3) is 0 Å². The Bertz CT molecular complexity index is 399. The van der Waals surface area contributed by atoms with E-state index in [1.165, 1.54) is 13.8 Å². The van der Waals surface area contributed by atoms with Gasteiger partial charge in [-0.25, -0.2) is 0 Å². The molecule has 0 radical (unpaired) electrons. The summed E-state index contributed by atoms with van der Waals surface area (Å²) in [7, 11) is 0.616. The molecule has 3 nitrogen and oxygen atoms in total. The molecule has 0 bridgehead atoms. The molecule has 0 saturated carbocycles. The van der Waals surface area contributed by atoms with Gasteiger partial charge in [-0.05, 0) is 19.4 Å². The largest absolute Gasteiger partial charge is 0.424 e. The van der Waals surface area contributed by atoms with Gasteiger partial charge in [-0.1, -0.05) is 18.2 Å². The summed E-state index contributed by atoms with van der Waals surface area (Å²) in [6.45, 7) is 3.34. The van der Waals surface area contributed by atoms with Gasteiger partial charge in [-0.15, -0.1) is 0 Å². The molecular formula is C11H14O3Si. The van der Waals surface area contributed by atoms with Crippen LogP contribution in [0.15, 0.2) is 18.2 Å². The molecule has 1 aromatic rings. The highest BCUT2D eigenvalue weighted by Gasteiger charge is 2.14. The van der Waals surface area contributed by atoms with E-state index in [0.717, 1.165) is 5.56 Å². The van der Waals surface area contributed by atoms with Crippen LogP contribution in [0.25, 0.3) is 0 Å². The number of benzene rings is 1. The molecule has 0 aliphatic heterocycles. The summed E-state index contributed by atoms with van der Waals surface area (Å²) >= 11 is 0. The molecular weight excluding hydrogens is 208 g/mol. The highest BCUT2D eigenvalue weighted by atomic mass is 28.2. The molecule has 0 spiro atoms. The van der Waals surface area contributed by atoms with E-state index >= 15 is 0 Å². The van der Waals surface area contributed by atoms with Gasteiger partial charge in [0.1, 0.15) is 10.5 Å². The maximum atomic E-state index is 11.5. The zero-order valence-corrected chi connectivity index (χ0v) is 11.2. The van der Waals surface area contributed by atoms with Crippen molar-refractivity contribution in [2.24, 2.45) is 0 Å². The first-order valence-electron chi connectivity index (χ1n) is 4.70. The molecule has 0 unspecified atom stereocenters. The number of carbonyl (C=O) groups excluding carboxylic acids is 2. The van der Waals surface area contributed by atoms with Crippen LogP contribution in [0.2, 0.25) is 0 Å². The number of ketones is 2. The topological polar surface area (TPSA) is 43.4 Å². The molecule has 0 saturated heterocycles. The maximum absolute atomic E-state index is 11.5. The summed E-state index contributed by atoms with van der Waals surface area (Å²) in [5.74, 6) is -0.176. The van der Waals surface area contributed by atoms with E-state index in [2.05, 4.69) is 0 Å². The van der Waals surface area contributed by atoms with Gasteiger partial charge in [0.2, 0.25) is 0 Å². The SMILES string of the molecule is CC(=O)c1cccc(CO[SiH3])c1C(C)=O. The molecule has 1 rings (SSSR count). The Morgan fingerprint density at radius 3 is 2.40 bits per heavy atom. The second kappa shape index (κ2) is 5.00. The lowest BCUT2D eigenvalue weighted by atomic mass is 9.96. The first kappa shape index (κ1) is 11.8. The average Bonchev–Trinajstić information content (AvgIpc) is 2.17. The Labute approximate surface area is 92.0 Å². The van der Waals surface area contributed by atoms with Crippen molar-refractivity contribution < 1.29 is 14.0 Å². The molecule has 4 heteroatoms. The number of rotatable bonds is 4. The molecule has 15 heavy (non-hydrogen) atoms. The third-order valence-electron chi connectivity index (χ3n) is 2.18. The standard InChI is InChI=1S/C11H14O3Si/c1-7(12)10-5-3-4-9(6-14-15)11(10)8(2)13/h3-5H,6H2,1-2,15H3. The van der Waals surface area contributed by atoms with E-state index in [1.807, 2.05) is 6.07 Å². The monoisotopic (exact) mass is 222 g/mol. The fraction of sp³-hybridized carbons (Fsp3) is 0.273. The van der Waals surface area contributed by atoms with Crippen LogP contribution in [0, 0.1) is 0 Å². The van der Waals surface area contributed by atoms with Crippen molar-refractivity contribution >= 4 is 22.1 Å². The van der Waals surface area contributed by atoms with Crippen molar-refractivity contribution in [2.75, 3.05) is 0 Å². The number of hydrogen-bond acceptors (Lipinski definition) is 3. The Balaban J connectivity index is 3.34. The van der Waals surface area contributed by atoms with E-state index in [9.17, 15) is 9.59 Å². The van der Waals surface area contributed by atoms with Crippen LogP contribution in [0.1, 0.15) is 40.1 Å². The highest BCUT2D eigenvalue weighted by Crippen LogP contribution is 2.17. The molecule has 0 aliphatic rings. The third kappa shape index (κ3) is 2.61. The Kier molecular flexibility index (Phi) is 3.93. The van der Waals surface area contributed by atoms with Gasteiger partial charge in [0.15, 0.2) is 11.6 Å². The highest BCUT2D eigenvalue weighted by molar-refractivity contribution is 6.08. The van der Waals surface area contributed by atoms with Crippen molar-refractivity contribution in [1.29, 1.82) is 0 Å². The van der Waals surface area contributed by atoms with Crippen LogP contribution in [0.5, 0.6) is 0 Å². The predicted octanol–water partition coefficient (Wildman–Crippen LogP) is 0.889. The maximum Gasteiger partial charge on any atom is 0.160 e. The van der Waals surface area contributed by atoms with Crippen molar-refractivity contribution in [3.63, 3.8) is 0 Å². The van der Waals surface area contributed by atoms with Crippen LogP contribution >= 0.6 is 0 Å². The number of Topliss-reactive ketones (excluding diaryl/α,β-unsaturated/α-hetero) is 2. The van der Waals surface area contributed by atoms with Gasteiger partial charge >= 0.3 is 0 Å². The van der Waals surface area contributed by atoms with E-state index in [1.54, 1.807) is 12.1 Å². The summed E-state index contributed by atoms with van der Waals surface area (Å²) < 4.78 is 5.13. The number of hydrogen-bond donors (Lipinski definition) is 0. The van der Waals surface area contributed by atoms with Crippen molar-refractivity contribution in [1.82, 2.24) is 0 Å². The number of carbonyl (C=O) groups is 2. The minimum absolute atomic E-state index is 0.0876. The molecule has 0 aromatic heterocycles. The van der Waals surface area contributed by atoms with Crippen LogP contribution in [0.4, 0.5) is 0 Å². The summed E-state index contributed by atoms with van der Waals surface area (Å²) in [6, 6.07) is 5.27. The fourth-order valence-corrected chi connectivity index (χ4v) is 1.90. The first-order valence-corrected chi connectivity index (χ1v) is 5.52. The van der Waals surface area contributed by atoms with Gasteiger partial charge in [-0.3, -0.25) is 9.59 Å². The van der Waals surface area contributed by atoms with Gasteiger partial charge in [0.05, 0.1) is 6.61 Å². The minimum Gasteiger partial charge on any atom is -0.424 e. The first-order chi connectivity index (χ1) is 7.07. The molecule has 0 fully saturated rings. The predicted molar refractivity (Wildman–Crippen MR) is 61.2 cm³/mol. The normalized spacial score (nSPS) is 10.3. The summed E-state index contributed by atoms with van der Waals surface area (Å²) in [5, 5.41) is 0. The molecule has 1 aromatic carbocycles. The lowest BCUT2D eigenvalue weighted by molar-refractivity contribution is 0.0979. The van der Waals surface area contributed by atoms with Crippen LogP contribution in [-0.2, 0) is 11.0 Å². The van der Waals surface area contributed by atoms with Gasteiger partial charge in [-0.2, -0.15) is 0 Å². The van der Waals surface area contributed by atoms with E-state index < -0.39 is 0 Å². The lowest BCUT2D eigenvalue weighted by Crippen LogP contribution is -2.08. The molecule has 0 amide bonds. The zero-order valence-electron chi connectivity index (χ0n) is 9.16. The summed E-state index contributed by atoms with van der Waals surface area (Å²) in [4.78, 5) is 22.8. The van der Waals surface area contributed by atoms with Gasteiger partial charge < -0.3 is 4.43 Å². The Morgan fingerprint density at radius 1 is 1.27 bits per heavy atom. The van der Waals surface area contributed by atoms with E-state index in [-0.39, 0.29) is 11.6 Å². The fourth-order valence-electron chi connectivity index (χ4n) is 1.59. The smallest absolute Gasteiger partial charge is 0.160 e. The lowest BCUT2D eigenvalue weighted by Gasteiger charge is -2.09. The van der Waals surface area contributed by atoms with Crippen molar-refractivity contribution in [3.8, 4) is 0 Å². The van der Waals surface area contributed by atoms with E-state index in [0.29, 0.717) is 28.2 Å². The van der Waals surface area contributed by atoms with Crippen molar-refractivity contribution in [3.05, 3.63) is 34.9 Å². The summed E-state index contributed by atoms with van der Waals surface area (Å²) in [5.41, 5.74) is 1.78. The molecule has 0 N–H and O–H groups in total. The second-order valence-corrected chi connectivity index (χ2v) is 3.96. The second-order valence-electron chi connectivity index (χ2n) is 3.39. The summed E-state index contributed by atoms with van der Waals surface area (Å²) in [6.07, 6.45) is 0. The zero-order chi connectivity index (χ0) is 11.4. The molecule has 80 valence electrons. The van der Waals surface area contributed by atoms with Crippen LogP contribution < -0.4 is 0 Å². The molecule has 0 heterocycles. The minimum atomic E-state index is -0.0884. The van der Waals surface area contributed by atoms with E-state index in [4.69, 9.17) is 4.43 Å². The average molecular weight is 222 g/mol. The third-order valence-corrected chi connectivity index (χ3v) is 2.47. The van der Waals surface area contributed by atoms with Crippen LogP contribution in [-0.4, -0.2) is 22.1 Å². The molecule has 0 aliphatic carbocycles. The van der Waals surface area contributed by atoms with Gasteiger partial charge in [0, 0.05) is 11.1 Å². The van der Waals surface area contributed by atoms with Crippen molar-refractivity contribution in [2.45, 2.75) is 20.5 Å². The van der Waals surface area contributed by atoms with Crippen LogP contribution in [0.3, 0.4) is 0 Å². The Hall–Kier alpha value is -1.26. The Morgan fingerprint density at radius 2 is 1.93 bits per heavy atom. The molecule has 0 atom stereocenters. The quantitative estimate of drug-likeness (QED) is 0.561.